The molecule has 0 saturated heterocycles. The lowest BCUT2D eigenvalue weighted by Crippen LogP contribution is -2.24. The van der Waals surface area contributed by atoms with E-state index in [1.165, 1.54) is 13.0 Å². The summed E-state index contributed by atoms with van der Waals surface area (Å²) in [6.07, 6.45) is -0.846. The molecule has 116 valence electrons. The second-order valence-electron chi connectivity index (χ2n) is 4.33. The number of nitrogens with zero attached hydrogens (tertiary/aromatic N) is 1. The first kappa shape index (κ1) is 17.4. The Morgan fingerprint density at radius 2 is 2.24 bits per heavy atom. The van der Waals surface area contributed by atoms with E-state index >= 15 is 0 Å². The van der Waals surface area contributed by atoms with Crippen LogP contribution < -0.4 is 10.1 Å². The maximum absolute atomic E-state index is 11.3. The van der Waals surface area contributed by atoms with Crippen molar-refractivity contribution in [3.8, 4) is 5.75 Å². The molecule has 0 aromatic heterocycles. The van der Waals surface area contributed by atoms with Crippen LogP contribution in [0.3, 0.4) is 0 Å². The topological polar surface area (TPSA) is 102 Å². The van der Waals surface area contributed by atoms with E-state index in [4.69, 9.17) is 4.74 Å². The summed E-state index contributed by atoms with van der Waals surface area (Å²) in [4.78, 5) is 21.9. The van der Waals surface area contributed by atoms with Gasteiger partial charge < -0.3 is 15.2 Å². The van der Waals surface area contributed by atoms with Gasteiger partial charge in [0.1, 0.15) is 0 Å². The number of hydrogen-bond acceptors (Lipinski definition) is 5. The number of carbonyl (C=O) groups is 1. The highest BCUT2D eigenvalue weighted by Crippen LogP contribution is 2.37. The molecule has 0 fully saturated rings. The molecule has 0 heterocycles. The Balaban J connectivity index is 2.97. The van der Waals surface area contributed by atoms with Gasteiger partial charge in [0.2, 0.25) is 11.7 Å². The number of aliphatic hydroxyl groups is 1. The Labute approximate surface area is 130 Å². The largest absolute Gasteiger partial charge is 0.486 e. The molecule has 0 bridgehead atoms. The van der Waals surface area contributed by atoms with E-state index in [2.05, 4.69) is 21.2 Å². The normalized spacial score (nSPS) is 11.8. The van der Waals surface area contributed by atoms with Gasteiger partial charge in [0, 0.05) is 22.6 Å². The molecule has 0 aliphatic rings. The molecule has 1 rings (SSSR count). The average molecular weight is 361 g/mol. The van der Waals surface area contributed by atoms with E-state index in [1.54, 1.807) is 13.0 Å². The Kier molecular flexibility index (Phi) is 6.57. The molecule has 21 heavy (non-hydrogen) atoms. The molecular formula is C13H17BrN2O5. The molecule has 0 aliphatic heterocycles. The molecule has 8 heteroatoms. The number of nitrogens with one attached hydrogen (secondary N) is 1. The molecule has 0 spiro atoms. The Hall–Kier alpha value is -1.67. The van der Waals surface area contributed by atoms with Gasteiger partial charge in [-0.3, -0.25) is 14.9 Å². The molecular weight excluding hydrogens is 344 g/mol. The summed E-state index contributed by atoms with van der Waals surface area (Å²) in [6.45, 7) is 3.79. The van der Waals surface area contributed by atoms with Crippen molar-refractivity contribution >= 4 is 27.5 Å². The lowest BCUT2D eigenvalue weighted by molar-refractivity contribution is -0.386. The average Bonchev–Trinajstić information content (AvgIpc) is 2.39. The fourth-order valence-corrected chi connectivity index (χ4v) is 2.20. The van der Waals surface area contributed by atoms with Gasteiger partial charge in [-0.2, -0.15) is 0 Å². The minimum Gasteiger partial charge on any atom is -0.486 e. The summed E-state index contributed by atoms with van der Waals surface area (Å²) in [6, 6.07) is 2.85. The van der Waals surface area contributed by atoms with Gasteiger partial charge in [0.25, 0.3) is 0 Å². The van der Waals surface area contributed by atoms with Crippen LogP contribution in [0.1, 0.15) is 31.9 Å². The third-order valence-corrected chi connectivity index (χ3v) is 3.12. The van der Waals surface area contributed by atoms with Crippen molar-refractivity contribution in [1.82, 2.24) is 5.32 Å². The number of amides is 1. The molecule has 1 aromatic carbocycles. The number of benzene rings is 1. The van der Waals surface area contributed by atoms with Gasteiger partial charge in [0.15, 0.2) is 0 Å². The minimum absolute atomic E-state index is 0.00593. The number of nitro benzene ring substituents is 1. The van der Waals surface area contributed by atoms with Gasteiger partial charge in [-0.25, -0.2) is 0 Å². The Morgan fingerprint density at radius 3 is 2.76 bits per heavy atom. The van der Waals surface area contributed by atoms with Crippen LogP contribution in [0.4, 0.5) is 5.69 Å². The molecule has 0 radical (unpaired) electrons. The first-order valence-electron chi connectivity index (χ1n) is 6.42. The fourth-order valence-electron chi connectivity index (χ4n) is 1.73. The van der Waals surface area contributed by atoms with Gasteiger partial charge in [-0.15, -0.1) is 0 Å². The number of nitro groups is 1. The summed E-state index contributed by atoms with van der Waals surface area (Å²) < 4.78 is 5.85. The number of rotatable bonds is 7. The van der Waals surface area contributed by atoms with Crippen molar-refractivity contribution in [1.29, 1.82) is 0 Å². The van der Waals surface area contributed by atoms with Gasteiger partial charge in [-0.1, -0.05) is 15.9 Å². The number of hydrogen-bond donors (Lipinski definition) is 2. The lowest BCUT2D eigenvalue weighted by atomic mass is 10.1. The summed E-state index contributed by atoms with van der Waals surface area (Å²) in [5, 5.41) is 23.4. The first-order valence-corrected chi connectivity index (χ1v) is 7.21. The van der Waals surface area contributed by atoms with E-state index in [0.29, 0.717) is 16.6 Å². The van der Waals surface area contributed by atoms with Crippen LogP contribution in [0.25, 0.3) is 0 Å². The predicted octanol–water partition coefficient (Wildman–Crippen LogP) is 2.32. The zero-order valence-electron chi connectivity index (χ0n) is 11.8. The van der Waals surface area contributed by atoms with Crippen LogP contribution in [-0.2, 0) is 4.79 Å². The monoisotopic (exact) mass is 360 g/mol. The third-order valence-electron chi connectivity index (χ3n) is 2.66. The molecule has 7 nitrogen and oxygen atoms in total. The maximum Gasteiger partial charge on any atom is 0.312 e. The second kappa shape index (κ2) is 7.94. The smallest absolute Gasteiger partial charge is 0.312 e. The lowest BCUT2D eigenvalue weighted by Gasteiger charge is -2.14. The highest BCUT2D eigenvalue weighted by molar-refractivity contribution is 9.10. The predicted molar refractivity (Wildman–Crippen MR) is 80.2 cm³/mol. The highest BCUT2D eigenvalue weighted by Gasteiger charge is 2.23. The quantitative estimate of drug-likeness (QED) is 0.573. The molecule has 1 amide bonds. The standard InChI is InChI=1S/C13H17BrN2O5/c1-3-15-12(18)4-5-21-13-10(8(2)17)6-9(14)7-11(13)16(19)20/h6-8,17H,3-5H2,1-2H3,(H,15,18). The third kappa shape index (κ3) is 4.98. The zero-order valence-corrected chi connectivity index (χ0v) is 13.3. The number of ether oxygens (including phenoxy) is 1. The zero-order chi connectivity index (χ0) is 16.0. The van der Waals surface area contributed by atoms with Crippen LogP contribution in [0, 0.1) is 10.1 Å². The van der Waals surface area contributed by atoms with Gasteiger partial charge in [0.05, 0.1) is 24.1 Å². The van der Waals surface area contributed by atoms with Crippen LogP contribution in [-0.4, -0.2) is 29.1 Å². The minimum atomic E-state index is -0.930. The van der Waals surface area contributed by atoms with E-state index < -0.39 is 11.0 Å². The SMILES string of the molecule is CCNC(=O)CCOc1c(C(C)O)cc(Br)cc1[N+](=O)[O-]. The van der Waals surface area contributed by atoms with Crippen LogP contribution in [0.2, 0.25) is 0 Å². The van der Waals surface area contributed by atoms with Gasteiger partial charge >= 0.3 is 5.69 Å². The van der Waals surface area contributed by atoms with Crippen molar-refractivity contribution in [2.75, 3.05) is 13.2 Å². The van der Waals surface area contributed by atoms with Crippen LogP contribution in [0.15, 0.2) is 16.6 Å². The van der Waals surface area contributed by atoms with Crippen LogP contribution in [0.5, 0.6) is 5.75 Å². The Morgan fingerprint density at radius 1 is 1.57 bits per heavy atom. The number of aliphatic hydroxyl groups excluding tert-OH is 1. The molecule has 1 unspecified atom stereocenters. The van der Waals surface area contributed by atoms with E-state index in [0.717, 1.165) is 0 Å². The maximum atomic E-state index is 11.3. The summed E-state index contributed by atoms with van der Waals surface area (Å²) in [5.41, 5.74) is 0.0446. The fraction of sp³-hybridized carbons (Fsp3) is 0.462. The molecule has 0 saturated carbocycles. The summed E-state index contributed by atoms with van der Waals surface area (Å²) >= 11 is 3.16. The number of halogens is 1. The van der Waals surface area contributed by atoms with E-state index in [-0.39, 0.29) is 30.4 Å². The van der Waals surface area contributed by atoms with Crippen LogP contribution >= 0.6 is 15.9 Å². The van der Waals surface area contributed by atoms with Crippen molar-refractivity contribution in [2.45, 2.75) is 26.4 Å². The summed E-state index contributed by atoms with van der Waals surface area (Å²) in [5.74, 6) is -0.210. The van der Waals surface area contributed by atoms with Crippen molar-refractivity contribution in [2.24, 2.45) is 0 Å². The summed E-state index contributed by atoms with van der Waals surface area (Å²) in [7, 11) is 0. The molecule has 1 aromatic rings. The number of carbonyl (C=O) groups excluding carboxylic acids is 1. The van der Waals surface area contributed by atoms with Crippen molar-refractivity contribution in [3.05, 3.63) is 32.3 Å². The van der Waals surface area contributed by atoms with Crippen molar-refractivity contribution < 1.29 is 19.6 Å². The van der Waals surface area contributed by atoms with Crippen molar-refractivity contribution in [3.63, 3.8) is 0 Å². The Bertz CT molecular complexity index is 534. The second-order valence-corrected chi connectivity index (χ2v) is 5.24. The first-order chi connectivity index (χ1) is 9.86. The van der Waals surface area contributed by atoms with E-state index in [9.17, 15) is 20.0 Å². The molecule has 2 N–H and O–H groups in total. The molecule has 0 aliphatic carbocycles. The molecule has 1 atom stereocenters. The van der Waals surface area contributed by atoms with Gasteiger partial charge in [-0.05, 0) is 19.9 Å². The van der Waals surface area contributed by atoms with E-state index in [1.807, 2.05) is 0 Å². The highest BCUT2D eigenvalue weighted by atomic mass is 79.9.